The van der Waals surface area contributed by atoms with E-state index in [1.165, 1.54) is 24.3 Å². The lowest BCUT2D eigenvalue weighted by Gasteiger charge is -2.09. The fourth-order valence-electron chi connectivity index (χ4n) is 1.47. The molecule has 0 radical (unpaired) electrons. The van der Waals surface area contributed by atoms with Gasteiger partial charge in [-0.2, -0.15) is 13.2 Å². The van der Waals surface area contributed by atoms with Crippen molar-refractivity contribution in [3.8, 4) is 11.5 Å². The normalized spacial score (nSPS) is 11.2. The Morgan fingerprint density at radius 1 is 1.24 bits per heavy atom. The standard InChI is InChI=1S/C12H8F3N3O3/c13-12(14,15)11-5-10(9(6-17-11)18(19)20)21-8-3-1-7(16)2-4-8/h1-6H,16H2. The van der Waals surface area contributed by atoms with Crippen molar-refractivity contribution in [2.45, 2.75) is 6.18 Å². The molecule has 0 aliphatic heterocycles. The maximum absolute atomic E-state index is 12.6. The number of nitrogens with zero attached hydrogens (tertiary/aromatic N) is 2. The summed E-state index contributed by atoms with van der Waals surface area (Å²) in [6, 6.07) is 6.15. The molecule has 2 aromatic rings. The number of nitrogens with two attached hydrogens (primary N) is 1. The second-order valence-electron chi connectivity index (χ2n) is 3.96. The summed E-state index contributed by atoms with van der Waals surface area (Å²) in [6.07, 6.45) is -4.22. The van der Waals surface area contributed by atoms with Crippen LogP contribution in [-0.4, -0.2) is 9.91 Å². The van der Waals surface area contributed by atoms with Crippen molar-refractivity contribution in [1.82, 2.24) is 4.98 Å². The van der Waals surface area contributed by atoms with E-state index in [0.29, 0.717) is 18.0 Å². The van der Waals surface area contributed by atoms with E-state index in [0.717, 1.165) is 0 Å². The van der Waals surface area contributed by atoms with E-state index in [-0.39, 0.29) is 5.75 Å². The molecule has 0 spiro atoms. The lowest BCUT2D eigenvalue weighted by atomic mass is 10.3. The van der Waals surface area contributed by atoms with E-state index in [9.17, 15) is 23.3 Å². The van der Waals surface area contributed by atoms with Gasteiger partial charge in [0.05, 0.1) is 4.92 Å². The zero-order chi connectivity index (χ0) is 15.6. The third kappa shape index (κ3) is 3.38. The summed E-state index contributed by atoms with van der Waals surface area (Å²) in [5, 5.41) is 10.8. The quantitative estimate of drug-likeness (QED) is 0.533. The molecule has 110 valence electrons. The summed E-state index contributed by atoms with van der Waals surface area (Å²) in [6.45, 7) is 0. The van der Waals surface area contributed by atoms with Crippen molar-refractivity contribution in [2.75, 3.05) is 5.73 Å². The lowest BCUT2D eigenvalue weighted by Crippen LogP contribution is -2.08. The smallest absolute Gasteiger partial charge is 0.433 e. The lowest BCUT2D eigenvalue weighted by molar-refractivity contribution is -0.386. The van der Waals surface area contributed by atoms with E-state index in [4.69, 9.17) is 10.5 Å². The molecule has 2 N–H and O–H groups in total. The monoisotopic (exact) mass is 299 g/mol. The Balaban J connectivity index is 2.43. The van der Waals surface area contributed by atoms with Crippen LogP contribution in [-0.2, 0) is 6.18 Å². The minimum Gasteiger partial charge on any atom is -0.450 e. The SMILES string of the molecule is Nc1ccc(Oc2cc(C(F)(F)F)ncc2[N+](=O)[O-])cc1. The number of rotatable bonds is 3. The molecular weight excluding hydrogens is 291 g/mol. The molecular formula is C12H8F3N3O3. The molecule has 9 heteroatoms. The van der Waals surface area contributed by atoms with Gasteiger partial charge in [-0.1, -0.05) is 0 Å². The molecule has 0 fully saturated rings. The van der Waals surface area contributed by atoms with Crippen LogP contribution in [0, 0.1) is 10.1 Å². The van der Waals surface area contributed by atoms with Gasteiger partial charge in [0.25, 0.3) is 0 Å². The van der Waals surface area contributed by atoms with Gasteiger partial charge in [-0.25, -0.2) is 4.98 Å². The van der Waals surface area contributed by atoms with Gasteiger partial charge >= 0.3 is 11.9 Å². The van der Waals surface area contributed by atoms with Crippen molar-refractivity contribution in [3.63, 3.8) is 0 Å². The van der Waals surface area contributed by atoms with Crippen molar-refractivity contribution in [3.05, 3.63) is 52.3 Å². The number of aromatic nitrogens is 1. The second kappa shape index (κ2) is 5.27. The highest BCUT2D eigenvalue weighted by Crippen LogP contribution is 2.36. The Morgan fingerprint density at radius 2 is 1.86 bits per heavy atom. The van der Waals surface area contributed by atoms with Crippen LogP contribution in [0.3, 0.4) is 0 Å². The first kappa shape index (κ1) is 14.6. The predicted octanol–water partition coefficient (Wildman–Crippen LogP) is 3.38. The zero-order valence-corrected chi connectivity index (χ0v) is 10.3. The van der Waals surface area contributed by atoms with Crippen LogP contribution in [0.5, 0.6) is 11.5 Å². The third-order valence-corrected chi connectivity index (χ3v) is 2.44. The van der Waals surface area contributed by atoms with E-state index in [1.54, 1.807) is 0 Å². The van der Waals surface area contributed by atoms with Crippen LogP contribution in [0.4, 0.5) is 24.5 Å². The first-order valence-corrected chi connectivity index (χ1v) is 5.52. The molecule has 21 heavy (non-hydrogen) atoms. The van der Waals surface area contributed by atoms with Crippen LogP contribution in [0.25, 0.3) is 0 Å². The molecule has 1 aromatic carbocycles. The topological polar surface area (TPSA) is 91.3 Å². The van der Waals surface area contributed by atoms with Gasteiger partial charge in [0.2, 0.25) is 5.75 Å². The summed E-state index contributed by atoms with van der Waals surface area (Å²) < 4.78 is 42.9. The highest BCUT2D eigenvalue weighted by atomic mass is 19.4. The van der Waals surface area contributed by atoms with Crippen molar-refractivity contribution < 1.29 is 22.8 Å². The van der Waals surface area contributed by atoms with Crippen LogP contribution in [0.15, 0.2) is 36.5 Å². The maximum Gasteiger partial charge on any atom is 0.433 e. The first-order valence-electron chi connectivity index (χ1n) is 5.52. The van der Waals surface area contributed by atoms with Gasteiger partial charge in [0.1, 0.15) is 17.6 Å². The number of anilines is 1. The van der Waals surface area contributed by atoms with Crippen LogP contribution in [0.2, 0.25) is 0 Å². The molecule has 0 bridgehead atoms. The summed E-state index contributed by atoms with van der Waals surface area (Å²) in [7, 11) is 0. The van der Waals surface area contributed by atoms with E-state index in [1.807, 2.05) is 0 Å². The van der Waals surface area contributed by atoms with E-state index in [2.05, 4.69) is 4.98 Å². The summed E-state index contributed by atoms with van der Waals surface area (Å²) in [4.78, 5) is 13.0. The number of alkyl halides is 3. The average Bonchev–Trinajstić information content (AvgIpc) is 2.40. The number of ether oxygens (including phenoxy) is 1. The van der Waals surface area contributed by atoms with Gasteiger partial charge in [-0.3, -0.25) is 10.1 Å². The van der Waals surface area contributed by atoms with Gasteiger partial charge in [-0.05, 0) is 24.3 Å². The molecule has 0 saturated heterocycles. The molecule has 6 nitrogen and oxygen atoms in total. The minimum atomic E-state index is -4.73. The summed E-state index contributed by atoms with van der Waals surface area (Å²) in [5.41, 5.74) is 3.93. The number of hydrogen-bond donors (Lipinski definition) is 1. The highest BCUT2D eigenvalue weighted by molar-refractivity contribution is 5.49. The first-order chi connectivity index (χ1) is 9.77. The van der Waals surface area contributed by atoms with E-state index >= 15 is 0 Å². The van der Waals surface area contributed by atoms with Crippen molar-refractivity contribution in [1.29, 1.82) is 0 Å². The Kier molecular flexibility index (Phi) is 3.66. The molecule has 1 aromatic heterocycles. The molecule has 2 rings (SSSR count). The Hall–Kier alpha value is -2.84. The number of pyridine rings is 1. The minimum absolute atomic E-state index is 0.117. The summed E-state index contributed by atoms with van der Waals surface area (Å²) >= 11 is 0. The molecule has 1 heterocycles. The molecule has 0 aliphatic carbocycles. The number of halogens is 3. The van der Waals surface area contributed by atoms with Gasteiger partial charge in [-0.15, -0.1) is 0 Å². The van der Waals surface area contributed by atoms with Crippen LogP contribution >= 0.6 is 0 Å². The van der Waals surface area contributed by atoms with Crippen molar-refractivity contribution >= 4 is 11.4 Å². The summed E-state index contributed by atoms with van der Waals surface area (Å²) in [5.74, 6) is -0.432. The second-order valence-corrected chi connectivity index (χ2v) is 3.96. The Labute approximate surface area is 116 Å². The predicted molar refractivity (Wildman–Crippen MR) is 66.8 cm³/mol. The highest BCUT2D eigenvalue weighted by Gasteiger charge is 2.34. The fraction of sp³-hybridized carbons (Fsp3) is 0.0833. The van der Waals surface area contributed by atoms with E-state index < -0.39 is 28.2 Å². The third-order valence-electron chi connectivity index (χ3n) is 2.44. The molecule has 0 amide bonds. The molecule has 0 saturated carbocycles. The maximum atomic E-state index is 12.6. The van der Waals surface area contributed by atoms with Crippen LogP contribution < -0.4 is 10.5 Å². The van der Waals surface area contributed by atoms with Crippen LogP contribution in [0.1, 0.15) is 5.69 Å². The number of nitrogen functional groups attached to an aromatic ring is 1. The zero-order valence-electron chi connectivity index (χ0n) is 10.3. The molecule has 0 atom stereocenters. The number of nitro groups is 1. The molecule has 0 aliphatic rings. The van der Waals surface area contributed by atoms with Crippen molar-refractivity contribution in [2.24, 2.45) is 0 Å². The van der Waals surface area contributed by atoms with Gasteiger partial charge in [0.15, 0.2) is 0 Å². The van der Waals surface area contributed by atoms with Gasteiger partial charge in [0, 0.05) is 11.8 Å². The Morgan fingerprint density at radius 3 is 2.38 bits per heavy atom. The average molecular weight is 299 g/mol. The largest absolute Gasteiger partial charge is 0.450 e. The number of hydrogen-bond acceptors (Lipinski definition) is 5. The van der Waals surface area contributed by atoms with Gasteiger partial charge < -0.3 is 10.5 Å². The Bertz CT molecular complexity index is 672. The molecule has 0 unspecified atom stereocenters. The fourth-order valence-corrected chi connectivity index (χ4v) is 1.47. The number of benzene rings is 1.